The van der Waals surface area contributed by atoms with E-state index in [1.807, 2.05) is 0 Å². The highest BCUT2D eigenvalue weighted by Gasteiger charge is 2.42. The lowest BCUT2D eigenvalue weighted by atomic mass is 9.93. The largest absolute Gasteiger partial charge is 0.356 e. The Hall–Kier alpha value is -1.69. The molecular weight excluding hydrogens is 314 g/mol. The molecule has 120 valence electrons. The van der Waals surface area contributed by atoms with Gasteiger partial charge in [0.15, 0.2) is 0 Å². The Bertz CT molecular complexity index is 583. The lowest BCUT2D eigenvalue weighted by molar-refractivity contribution is -0.128. The van der Waals surface area contributed by atoms with Gasteiger partial charge in [0.1, 0.15) is 5.82 Å². The number of benzene rings is 1. The molecule has 0 radical (unpaired) electrons. The van der Waals surface area contributed by atoms with Crippen molar-refractivity contribution in [2.45, 2.75) is 18.9 Å². The molecule has 0 aromatic heterocycles. The Morgan fingerprint density at radius 2 is 2.23 bits per heavy atom. The Labute approximate surface area is 132 Å². The van der Waals surface area contributed by atoms with Crippen molar-refractivity contribution in [1.82, 2.24) is 10.2 Å². The molecule has 0 bridgehead atoms. The van der Waals surface area contributed by atoms with Gasteiger partial charge in [0.05, 0.1) is 23.7 Å². The minimum absolute atomic E-state index is 0.0142. The molecule has 2 atom stereocenters. The molecule has 1 fully saturated rings. The van der Waals surface area contributed by atoms with Crippen LogP contribution < -0.4 is 5.32 Å². The molecule has 2 amide bonds. The first-order chi connectivity index (χ1) is 10.5. The van der Waals surface area contributed by atoms with Crippen LogP contribution in [-0.4, -0.2) is 37.0 Å². The molecule has 22 heavy (non-hydrogen) atoms. The van der Waals surface area contributed by atoms with Gasteiger partial charge in [0.2, 0.25) is 11.8 Å². The summed E-state index contributed by atoms with van der Waals surface area (Å²) < 4.78 is 25.8. The van der Waals surface area contributed by atoms with Gasteiger partial charge in [-0.3, -0.25) is 14.0 Å². The number of hydrogen-bond donors (Lipinski definition) is 1. The Morgan fingerprint density at radius 3 is 2.86 bits per heavy atom. The number of amides is 2. The second kappa shape index (κ2) is 7.05. The van der Waals surface area contributed by atoms with Crippen LogP contribution in [0.25, 0.3) is 0 Å². The normalized spacial score (nSPS) is 21.3. The van der Waals surface area contributed by atoms with Gasteiger partial charge in [-0.25, -0.2) is 4.39 Å². The average Bonchev–Trinajstić information content (AvgIpc) is 2.78. The van der Waals surface area contributed by atoms with E-state index in [-0.39, 0.29) is 36.2 Å². The Balaban J connectivity index is 2.22. The molecule has 2 rings (SSSR count). The molecule has 1 aliphatic rings. The summed E-state index contributed by atoms with van der Waals surface area (Å²) in [6.07, 6.45) is 0.273. The van der Waals surface area contributed by atoms with Crippen molar-refractivity contribution in [3.63, 3.8) is 0 Å². The van der Waals surface area contributed by atoms with Gasteiger partial charge in [-0.15, -0.1) is 0 Å². The molecule has 1 aliphatic heterocycles. The molecule has 1 N–H and O–H groups in total. The van der Waals surface area contributed by atoms with Crippen molar-refractivity contribution < 1.29 is 18.4 Å². The topological polar surface area (TPSA) is 49.4 Å². The van der Waals surface area contributed by atoms with Gasteiger partial charge in [-0.2, -0.15) is 0 Å². The van der Waals surface area contributed by atoms with E-state index in [9.17, 15) is 18.4 Å². The Kier molecular flexibility index (Phi) is 5.34. The third kappa shape index (κ3) is 3.38. The van der Waals surface area contributed by atoms with Crippen LogP contribution >= 0.6 is 11.6 Å². The van der Waals surface area contributed by atoms with Crippen molar-refractivity contribution in [3.8, 4) is 0 Å². The maximum atomic E-state index is 13.7. The molecule has 0 spiro atoms. The molecule has 0 aliphatic carbocycles. The molecule has 2 unspecified atom stereocenters. The predicted molar refractivity (Wildman–Crippen MR) is 78.6 cm³/mol. The van der Waals surface area contributed by atoms with E-state index in [4.69, 9.17) is 11.6 Å². The van der Waals surface area contributed by atoms with Gasteiger partial charge >= 0.3 is 0 Å². The van der Waals surface area contributed by atoms with Crippen LogP contribution in [0.2, 0.25) is 5.02 Å². The zero-order valence-electron chi connectivity index (χ0n) is 12.1. The highest BCUT2D eigenvalue weighted by atomic mass is 35.5. The minimum atomic E-state index is -0.627. The van der Waals surface area contributed by atoms with Crippen molar-refractivity contribution in [3.05, 3.63) is 34.6 Å². The summed E-state index contributed by atoms with van der Waals surface area (Å²) in [5.74, 6) is -1.74. The predicted octanol–water partition coefficient (Wildman–Crippen LogP) is 2.47. The fraction of sp³-hybridized carbons (Fsp3) is 0.467. The SMILES string of the molecule is CN1C(=O)CC(C(=O)NCCCF)C1c1ccc(Cl)c(F)c1. The number of halogens is 3. The third-order valence-electron chi connectivity index (χ3n) is 3.82. The number of alkyl halides is 1. The first kappa shape index (κ1) is 16.7. The fourth-order valence-corrected chi connectivity index (χ4v) is 2.78. The maximum absolute atomic E-state index is 13.7. The molecule has 1 saturated heterocycles. The summed E-state index contributed by atoms with van der Waals surface area (Å²) in [5, 5.41) is 2.60. The summed E-state index contributed by atoms with van der Waals surface area (Å²) in [7, 11) is 1.58. The van der Waals surface area contributed by atoms with Crippen LogP contribution in [0.4, 0.5) is 8.78 Å². The molecule has 0 saturated carbocycles. The maximum Gasteiger partial charge on any atom is 0.226 e. The number of nitrogens with zero attached hydrogens (tertiary/aromatic N) is 1. The minimum Gasteiger partial charge on any atom is -0.356 e. The van der Waals surface area contributed by atoms with Crippen LogP contribution in [0.3, 0.4) is 0 Å². The first-order valence-corrected chi connectivity index (χ1v) is 7.37. The van der Waals surface area contributed by atoms with E-state index >= 15 is 0 Å². The van der Waals surface area contributed by atoms with Crippen LogP contribution in [0.1, 0.15) is 24.4 Å². The second-order valence-corrected chi connectivity index (χ2v) is 5.67. The van der Waals surface area contributed by atoms with Gasteiger partial charge in [0, 0.05) is 20.0 Å². The highest BCUT2D eigenvalue weighted by molar-refractivity contribution is 6.30. The second-order valence-electron chi connectivity index (χ2n) is 5.27. The Morgan fingerprint density at radius 1 is 1.50 bits per heavy atom. The molecule has 7 heteroatoms. The lowest BCUT2D eigenvalue weighted by Gasteiger charge is -2.25. The molecule has 4 nitrogen and oxygen atoms in total. The monoisotopic (exact) mass is 330 g/mol. The summed E-state index contributed by atoms with van der Waals surface area (Å²) in [6, 6.07) is 3.70. The van der Waals surface area contributed by atoms with Crippen LogP contribution in [0.15, 0.2) is 18.2 Å². The van der Waals surface area contributed by atoms with Gasteiger partial charge in [-0.05, 0) is 24.1 Å². The standard InChI is InChI=1S/C15H17ClF2N2O2/c1-20-13(21)8-10(15(22)19-6-2-5-17)14(20)9-3-4-11(16)12(18)7-9/h3-4,7,10,14H,2,5-6,8H2,1H3,(H,19,22). The van der Waals surface area contributed by atoms with Crippen LogP contribution in [0, 0.1) is 11.7 Å². The third-order valence-corrected chi connectivity index (χ3v) is 4.12. The van der Waals surface area contributed by atoms with Gasteiger partial charge in [-0.1, -0.05) is 17.7 Å². The number of nitrogens with one attached hydrogen (secondary N) is 1. The van der Waals surface area contributed by atoms with Crippen LogP contribution in [-0.2, 0) is 9.59 Å². The van der Waals surface area contributed by atoms with Crippen molar-refractivity contribution in [1.29, 1.82) is 0 Å². The zero-order chi connectivity index (χ0) is 16.3. The summed E-state index contributed by atoms with van der Waals surface area (Å²) >= 11 is 5.67. The smallest absolute Gasteiger partial charge is 0.226 e. The van der Waals surface area contributed by atoms with Crippen molar-refractivity contribution in [2.75, 3.05) is 20.3 Å². The van der Waals surface area contributed by atoms with E-state index in [0.717, 1.165) is 0 Å². The molecule has 1 heterocycles. The number of carbonyl (C=O) groups excluding carboxylic acids is 2. The highest BCUT2D eigenvalue weighted by Crippen LogP contribution is 2.38. The molecule has 1 aromatic rings. The molecule has 1 aromatic carbocycles. The number of carbonyl (C=O) groups is 2. The number of likely N-dealkylation sites (tertiary alicyclic amines) is 1. The number of hydrogen-bond acceptors (Lipinski definition) is 2. The fourth-order valence-electron chi connectivity index (χ4n) is 2.67. The van der Waals surface area contributed by atoms with Gasteiger partial charge < -0.3 is 10.2 Å². The number of rotatable bonds is 5. The van der Waals surface area contributed by atoms with Gasteiger partial charge in [0.25, 0.3) is 0 Å². The van der Waals surface area contributed by atoms with Crippen molar-refractivity contribution in [2.24, 2.45) is 5.92 Å². The lowest BCUT2D eigenvalue weighted by Crippen LogP contribution is -2.35. The van der Waals surface area contributed by atoms with Crippen molar-refractivity contribution >= 4 is 23.4 Å². The van der Waals surface area contributed by atoms with E-state index in [1.54, 1.807) is 13.1 Å². The zero-order valence-corrected chi connectivity index (χ0v) is 12.9. The first-order valence-electron chi connectivity index (χ1n) is 7.00. The average molecular weight is 331 g/mol. The summed E-state index contributed by atoms with van der Waals surface area (Å²) in [4.78, 5) is 25.6. The quantitative estimate of drug-likeness (QED) is 0.843. The van der Waals surface area contributed by atoms with E-state index < -0.39 is 24.5 Å². The van der Waals surface area contributed by atoms with Crippen LogP contribution in [0.5, 0.6) is 0 Å². The summed E-state index contributed by atoms with van der Waals surface area (Å²) in [5.41, 5.74) is 0.515. The molecular formula is C15H17ClF2N2O2. The van der Waals surface area contributed by atoms with E-state index in [2.05, 4.69) is 5.32 Å². The van der Waals surface area contributed by atoms with E-state index in [0.29, 0.717) is 5.56 Å². The van der Waals surface area contributed by atoms with E-state index in [1.165, 1.54) is 17.0 Å². The summed E-state index contributed by atoms with van der Waals surface area (Å²) in [6.45, 7) is -0.305.